The zero-order chi connectivity index (χ0) is 17.0. The highest BCUT2D eigenvalue weighted by Crippen LogP contribution is 2.42. The highest BCUT2D eigenvalue weighted by Gasteiger charge is 2.34. The van der Waals surface area contributed by atoms with Crippen molar-refractivity contribution in [1.82, 2.24) is 5.32 Å². The first-order valence-corrected chi connectivity index (χ1v) is 10.0. The third-order valence-electron chi connectivity index (χ3n) is 6.00. The van der Waals surface area contributed by atoms with Crippen molar-refractivity contribution < 1.29 is 4.74 Å². The van der Waals surface area contributed by atoms with E-state index in [4.69, 9.17) is 16.3 Å². The molecule has 1 heterocycles. The van der Waals surface area contributed by atoms with Gasteiger partial charge in [-0.3, -0.25) is 0 Å². The van der Waals surface area contributed by atoms with Gasteiger partial charge in [0.1, 0.15) is 0 Å². The highest BCUT2D eigenvalue weighted by molar-refractivity contribution is 6.30. The Kier molecular flexibility index (Phi) is 5.89. The lowest BCUT2D eigenvalue weighted by molar-refractivity contribution is -0.0629. The first-order chi connectivity index (χ1) is 11.5. The van der Waals surface area contributed by atoms with E-state index in [0.717, 1.165) is 31.0 Å². The molecule has 24 heavy (non-hydrogen) atoms. The van der Waals surface area contributed by atoms with Crippen LogP contribution in [-0.2, 0) is 10.2 Å². The molecule has 0 bridgehead atoms. The summed E-state index contributed by atoms with van der Waals surface area (Å²) < 4.78 is 5.84. The Morgan fingerprint density at radius 3 is 2.50 bits per heavy atom. The van der Waals surface area contributed by atoms with Gasteiger partial charge in [0.2, 0.25) is 0 Å². The first kappa shape index (κ1) is 18.2. The average molecular weight is 350 g/mol. The molecule has 1 saturated heterocycles. The van der Waals surface area contributed by atoms with Gasteiger partial charge in [0.05, 0.1) is 5.60 Å². The van der Waals surface area contributed by atoms with E-state index in [1.165, 1.54) is 44.1 Å². The minimum Gasteiger partial charge on any atom is -0.375 e. The minimum absolute atomic E-state index is 0.0224. The van der Waals surface area contributed by atoms with Gasteiger partial charge in [-0.05, 0) is 75.6 Å². The smallest absolute Gasteiger partial charge is 0.0641 e. The minimum atomic E-state index is 0.0224. The van der Waals surface area contributed by atoms with Crippen LogP contribution in [0.2, 0.25) is 5.02 Å². The summed E-state index contributed by atoms with van der Waals surface area (Å²) in [6.07, 6.45) is 10.2. The van der Waals surface area contributed by atoms with Gasteiger partial charge in [-0.2, -0.15) is 0 Å². The zero-order valence-electron chi connectivity index (χ0n) is 15.2. The van der Waals surface area contributed by atoms with E-state index in [-0.39, 0.29) is 5.60 Å². The molecule has 3 heteroatoms. The molecule has 0 amide bonds. The molecular formula is C21H32ClNO. The van der Waals surface area contributed by atoms with Gasteiger partial charge in [-0.1, -0.05) is 43.0 Å². The van der Waals surface area contributed by atoms with Crippen LogP contribution in [0, 0.1) is 0 Å². The molecule has 1 unspecified atom stereocenters. The van der Waals surface area contributed by atoms with E-state index >= 15 is 0 Å². The van der Waals surface area contributed by atoms with Crippen LogP contribution >= 0.6 is 11.6 Å². The van der Waals surface area contributed by atoms with E-state index in [1.807, 2.05) is 0 Å². The molecule has 1 aliphatic carbocycles. The van der Waals surface area contributed by atoms with Gasteiger partial charge >= 0.3 is 0 Å². The van der Waals surface area contributed by atoms with Crippen molar-refractivity contribution in [3.05, 3.63) is 34.9 Å². The summed E-state index contributed by atoms with van der Waals surface area (Å²) in [5, 5.41) is 4.66. The van der Waals surface area contributed by atoms with Crippen molar-refractivity contribution in [2.75, 3.05) is 13.2 Å². The quantitative estimate of drug-likeness (QED) is 0.760. The van der Waals surface area contributed by atoms with E-state index in [9.17, 15) is 0 Å². The van der Waals surface area contributed by atoms with Crippen LogP contribution in [0.3, 0.4) is 0 Å². The Balaban J connectivity index is 1.61. The molecule has 1 aromatic carbocycles. The lowest BCUT2D eigenvalue weighted by atomic mass is 9.67. The number of nitrogens with one attached hydrogen (secondary N) is 1. The van der Waals surface area contributed by atoms with Crippen LogP contribution in [0.1, 0.15) is 70.8 Å². The van der Waals surface area contributed by atoms with Crippen molar-refractivity contribution >= 4 is 11.6 Å². The fourth-order valence-electron chi connectivity index (χ4n) is 4.64. The summed E-state index contributed by atoms with van der Waals surface area (Å²) in [5.41, 5.74) is 1.85. The molecule has 2 fully saturated rings. The summed E-state index contributed by atoms with van der Waals surface area (Å²) in [5.74, 6) is 0. The maximum Gasteiger partial charge on any atom is 0.0641 e. The number of hydrogen-bond donors (Lipinski definition) is 1. The first-order valence-electron chi connectivity index (χ1n) is 9.63. The number of ether oxygens (including phenoxy) is 1. The lowest BCUT2D eigenvalue weighted by Crippen LogP contribution is -2.45. The van der Waals surface area contributed by atoms with E-state index < -0.39 is 0 Å². The van der Waals surface area contributed by atoms with Crippen LogP contribution in [0.4, 0.5) is 0 Å². The number of benzene rings is 1. The van der Waals surface area contributed by atoms with Crippen LogP contribution in [-0.4, -0.2) is 24.8 Å². The molecule has 1 saturated carbocycles. The summed E-state index contributed by atoms with van der Waals surface area (Å²) in [6.45, 7) is 6.39. The molecule has 0 spiro atoms. The van der Waals surface area contributed by atoms with E-state index in [2.05, 4.69) is 43.4 Å². The van der Waals surface area contributed by atoms with Gasteiger partial charge in [-0.25, -0.2) is 0 Å². The third-order valence-corrected chi connectivity index (χ3v) is 6.25. The van der Waals surface area contributed by atoms with Crippen molar-refractivity contribution in [3.8, 4) is 0 Å². The number of hydrogen-bond acceptors (Lipinski definition) is 2. The van der Waals surface area contributed by atoms with Crippen molar-refractivity contribution in [2.24, 2.45) is 0 Å². The number of rotatable bonds is 5. The van der Waals surface area contributed by atoms with Gasteiger partial charge in [-0.15, -0.1) is 0 Å². The van der Waals surface area contributed by atoms with E-state index in [1.54, 1.807) is 0 Å². The second-order valence-corrected chi connectivity index (χ2v) is 8.79. The van der Waals surface area contributed by atoms with Crippen LogP contribution in [0.25, 0.3) is 0 Å². The Morgan fingerprint density at radius 2 is 1.83 bits per heavy atom. The standard InChI is InChI=1S/C21H32ClNO/c1-20(2)16-19(10-15-24-20)23-14-13-21(11-4-3-5-12-21)17-6-8-18(22)9-7-17/h6-9,19,23H,3-5,10-16H2,1-2H3. The molecule has 134 valence electrons. The molecule has 2 nitrogen and oxygen atoms in total. The maximum absolute atomic E-state index is 6.10. The Hall–Kier alpha value is -0.570. The summed E-state index contributed by atoms with van der Waals surface area (Å²) in [6, 6.07) is 9.22. The van der Waals surface area contributed by atoms with Gasteiger partial charge < -0.3 is 10.1 Å². The zero-order valence-corrected chi connectivity index (χ0v) is 16.0. The summed E-state index contributed by atoms with van der Waals surface area (Å²) in [7, 11) is 0. The van der Waals surface area contributed by atoms with Gasteiger partial charge in [0.15, 0.2) is 0 Å². The molecule has 0 aromatic heterocycles. The van der Waals surface area contributed by atoms with Gasteiger partial charge in [0.25, 0.3) is 0 Å². The molecule has 1 aliphatic heterocycles. The molecule has 1 aromatic rings. The Morgan fingerprint density at radius 1 is 1.12 bits per heavy atom. The second-order valence-electron chi connectivity index (χ2n) is 8.35. The lowest BCUT2D eigenvalue weighted by Gasteiger charge is -2.40. The van der Waals surface area contributed by atoms with Crippen LogP contribution < -0.4 is 5.32 Å². The van der Waals surface area contributed by atoms with Crippen LogP contribution in [0.5, 0.6) is 0 Å². The summed E-state index contributed by atoms with van der Waals surface area (Å²) >= 11 is 6.10. The van der Waals surface area contributed by atoms with Crippen molar-refractivity contribution in [1.29, 1.82) is 0 Å². The fourth-order valence-corrected chi connectivity index (χ4v) is 4.76. The predicted octanol–water partition coefficient (Wildman–Crippen LogP) is 5.48. The fraction of sp³-hybridized carbons (Fsp3) is 0.714. The topological polar surface area (TPSA) is 21.3 Å². The molecule has 1 N–H and O–H groups in total. The van der Waals surface area contributed by atoms with Crippen molar-refractivity contribution in [3.63, 3.8) is 0 Å². The SMILES string of the molecule is CC1(C)CC(NCCC2(c3ccc(Cl)cc3)CCCCC2)CCO1. The van der Waals surface area contributed by atoms with Crippen molar-refractivity contribution in [2.45, 2.75) is 82.3 Å². The number of halogens is 1. The van der Waals surface area contributed by atoms with Gasteiger partial charge in [0, 0.05) is 17.7 Å². The molecular weight excluding hydrogens is 318 g/mol. The van der Waals surface area contributed by atoms with Crippen LogP contribution in [0.15, 0.2) is 24.3 Å². The van der Waals surface area contributed by atoms with E-state index in [0.29, 0.717) is 11.5 Å². The summed E-state index contributed by atoms with van der Waals surface area (Å²) in [4.78, 5) is 0. The molecule has 2 aliphatic rings. The third kappa shape index (κ3) is 4.53. The maximum atomic E-state index is 6.10. The largest absolute Gasteiger partial charge is 0.375 e. The Bertz CT molecular complexity index is 519. The monoisotopic (exact) mass is 349 g/mol. The molecule has 1 atom stereocenters. The average Bonchev–Trinajstić information content (AvgIpc) is 2.55. The predicted molar refractivity (Wildman–Crippen MR) is 102 cm³/mol. The second kappa shape index (κ2) is 7.76. The highest BCUT2D eigenvalue weighted by atomic mass is 35.5. The molecule has 0 radical (unpaired) electrons. The Labute approximate surface area is 152 Å². The molecule has 3 rings (SSSR count). The normalized spacial score (nSPS) is 26.2.